The topological polar surface area (TPSA) is 103 Å². The quantitative estimate of drug-likeness (QED) is 0.191. The number of aliphatic hydroxyl groups is 1. The van der Waals surface area contributed by atoms with Crippen LogP contribution in [0.25, 0.3) is 16.7 Å². The van der Waals surface area contributed by atoms with Gasteiger partial charge in [0.05, 0.1) is 18.7 Å². The number of carbonyl (C=O) groups excluding carboxylic acids is 2. The normalized spacial score (nSPS) is 17.2. The van der Waals surface area contributed by atoms with Crippen LogP contribution in [0.5, 0.6) is 11.5 Å². The number of methoxy groups -OCH3 is 1. The van der Waals surface area contributed by atoms with Gasteiger partial charge in [-0.05, 0) is 60.0 Å². The molecular weight excluding hydrogens is 480 g/mol. The zero-order valence-electron chi connectivity index (χ0n) is 19.4. The summed E-state index contributed by atoms with van der Waals surface area (Å²) in [5, 5.41) is 22.8. The molecule has 3 N–H and O–H groups in total. The Balaban J connectivity index is 1.59. The number of rotatable bonds is 6. The number of aromatic amines is 1. The lowest BCUT2D eigenvalue weighted by Gasteiger charge is -2.25. The highest BCUT2D eigenvalue weighted by atomic mass is 35.5. The minimum atomic E-state index is -0.875. The van der Waals surface area contributed by atoms with Crippen molar-refractivity contribution in [2.75, 3.05) is 13.7 Å². The first-order valence-corrected chi connectivity index (χ1v) is 11.7. The summed E-state index contributed by atoms with van der Waals surface area (Å²) in [6, 6.07) is 18.0. The molecule has 3 aromatic carbocycles. The van der Waals surface area contributed by atoms with Gasteiger partial charge in [-0.3, -0.25) is 9.59 Å². The zero-order chi connectivity index (χ0) is 25.4. The third kappa shape index (κ3) is 4.07. The zero-order valence-corrected chi connectivity index (χ0v) is 20.1. The van der Waals surface area contributed by atoms with Gasteiger partial charge in [-0.1, -0.05) is 35.9 Å². The van der Waals surface area contributed by atoms with E-state index in [1.807, 2.05) is 30.5 Å². The molecule has 7 nitrogen and oxygen atoms in total. The molecule has 0 unspecified atom stereocenters. The Hall–Kier alpha value is -4.23. The van der Waals surface area contributed by atoms with Gasteiger partial charge < -0.3 is 24.8 Å². The number of nitrogens with one attached hydrogen (secondary N) is 1. The molecule has 0 bridgehead atoms. The van der Waals surface area contributed by atoms with Crippen molar-refractivity contribution in [1.82, 2.24) is 9.88 Å². The van der Waals surface area contributed by atoms with Crippen LogP contribution in [0.4, 0.5) is 0 Å². The second-order valence-corrected chi connectivity index (χ2v) is 8.98. The van der Waals surface area contributed by atoms with Crippen molar-refractivity contribution in [2.45, 2.75) is 12.5 Å². The Morgan fingerprint density at radius 3 is 2.58 bits per heavy atom. The Kier molecular flexibility index (Phi) is 6.16. The number of para-hydroxylation sites is 1. The molecule has 0 radical (unpaired) electrons. The minimum absolute atomic E-state index is 0.0333. The Morgan fingerprint density at radius 1 is 1.08 bits per heavy atom. The number of phenolic OH excluding ortho intramolecular Hbond substituents is 1. The average molecular weight is 503 g/mol. The number of amides is 1. The summed E-state index contributed by atoms with van der Waals surface area (Å²) in [6.07, 6.45) is 2.39. The Labute approximate surface area is 212 Å². The van der Waals surface area contributed by atoms with Crippen LogP contribution in [0.1, 0.15) is 22.7 Å². The molecule has 0 aliphatic carbocycles. The van der Waals surface area contributed by atoms with E-state index in [0.717, 1.165) is 16.5 Å². The second-order valence-electron chi connectivity index (χ2n) is 8.54. The number of benzene rings is 3. The Bertz CT molecular complexity index is 1510. The molecule has 1 fully saturated rings. The molecule has 1 aromatic heterocycles. The molecule has 2 heterocycles. The van der Waals surface area contributed by atoms with Gasteiger partial charge >= 0.3 is 0 Å². The first-order valence-electron chi connectivity index (χ1n) is 11.3. The summed E-state index contributed by atoms with van der Waals surface area (Å²) >= 11 is 5.99. The number of fused-ring (bicyclic) bond motifs is 1. The van der Waals surface area contributed by atoms with Crippen molar-refractivity contribution >= 4 is 40.0 Å². The van der Waals surface area contributed by atoms with E-state index in [2.05, 4.69) is 4.98 Å². The number of ether oxygens (including phenoxy) is 1. The summed E-state index contributed by atoms with van der Waals surface area (Å²) in [7, 11) is 1.42. The molecular formula is C28H23ClN2O5. The first-order chi connectivity index (χ1) is 17.4. The van der Waals surface area contributed by atoms with Crippen molar-refractivity contribution < 1.29 is 24.5 Å². The maximum absolute atomic E-state index is 13.3. The van der Waals surface area contributed by atoms with E-state index in [4.69, 9.17) is 16.3 Å². The van der Waals surface area contributed by atoms with Gasteiger partial charge in [0.1, 0.15) is 5.76 Å². The van der Waals surface area contributed by atoms with Crippen molar-refractivity contribution in [1.29, 1.82) is 0 Å². The number of aromatic hydroxyl groups is 1. The van der Waals surface area contributed by atoms with Gasteiger partial charge in [-0.25, -0.2) is 0 Å². The molecule has 1 aliphatic heterocycles. The molecule has 36 heavy (non-hydrogen) atoms. The molecule has 1 atom stereocenters. The highest BCUT2D eigenvalue weighted by Gasteiger charge is 2.46. The fraction of sp³-hybridized carbons (Fsp3) is 0.143. The lowest BCUT2D eigenvalue weighted by Crippen LogP contribution is -2.31. The van der Waals surface area contributed by atoms with Gasteiger partial charge in [0.2, 0.25) is 0 Å². The third-order valence-electron chi connectivity index (χ3n) is 6.47. The average Bonchev–Trinajstić information content (AvgIpc) is 3.41. The molecule has 5 rings (SSSR count). The van der Waals surface area contributed by atoms with E-state index < -0.39 is 17.7 Å². The lowest BCUT2D eigenvalue weighted by molar-refractivity contribution is -0.139. The number of H-pyrrole nitrogens is 1. The van der Waals surface area contributed by atoms with Crippen molar-refractivity contribution in [3.63, 3.8) is 0 Å². The number of ketones is 1. The maximum atomic E-state index is 13.3. The number of aliphatic hydroxyl groups excluding tert-OH is 1. The van der Waals surface area contributed by atoms with Crippen LogP contribution in [0.2, 0.25) is 5.02 Å². The number of phenols is 1. The van der Waals surface area contributed by atoms with Crippen molar-refractivity contribution in [3.8, 4) is 11.5 Å². The van der Waals surface area contributed by atoms with Crippen LogP contribution in [0.15, 0.2) is 78.5 Å². The second kappa shape index (κ2) is 9.43. The van der Waals surface area contributed by atoms with E-state index in [0.29, 0.717) is 22.6 Å². The predicted molar refractivity (Wildman–Crippen MR) is 137 cm³/mol. The molecule has 1 aliphatic rings. The van der Waals surface area contributed by atoms with E-state index in [1.165, 1.54) is 18.1 Å². The van der Waals surface area contributed by atoms with Gasteiger partial charge in [-0.15, -0.1) is 0 Å². The molecule has 0 spiro atoms. The van der Waals surface area contributed by atoms with E-state index in [9.17, 15) is 19.8 Å². The number of likely N-dealkylation sites (tertiary alicyclic amines) is 1. The highest BCUT2D eigenvalue weighted by molar-refractivity contribution is 6.46. The fourth-order valence-corrected chi connectivity index (χ4v) is 4.79. The van der Waals surface area contributed by atoms with Crippen LogP contribution in [-0.4, -0.2) is 45.4 Å². The van der Waals surface area contributed by atoms with Crippen LogP contribution < -0.4 is 4.74 Å². The molecule has 182 valence electrons. The number of hydrogen-bond donors (Lipinski definition) is 3. The van der Waals surface area contributed by atoms with Crippen LogP contribution in [0.3, 0.4) is 0 Å². The maximum Gasteiger partial charge on any atom is 0.295 e. The molecule has 0 saturated carbocycles. The predicted octanol–water partition coefficient (Wildman–Crippen LogP) is 5.20. The summed E-state index contributed by atoms with van der Waals surface area (Å²) < 4.78 is 5.26. The fourth-order valence-electron chi connectivity index (χ4n) is 4.66. The molecule has 1 amide bonds. The van der Waals surface area contributed by atoms with Gasteiger partial charge in [-0.2, -0.15) is 0 Å². The van der Waals surface area contributed by atoms with Gasteiger partial charge in [0.15, 0.2) is 11.5 Å². The molecule has 8 heteroatoms. The number of halogens is 1. The number of nitrogens with zero attached hydrogens (tertiary/aromatic N) is 1. The van der Waals surface area contributed by atoms with E-state index in [-0.39, 0.29) is 29.4 Å². The number of aromatic nitrogens is 1. The van der Waals surface area contributed by atoms with Crippen molar-refractivity contribution in [3.05, 3.63) is 100 Å². The van der Waals surface area contributed by atoms with Gasteiger partial charge in [0, 0.05) is 34.2 Å². The largest absolute Gasteiger partial charge is 0.507 e. The SMILES string of the molecule is COc1cc([C@@H]2C(=C(O)c3ccc(Cl)cc3)C(=O)C(=O)N2CCc2c[nH]c3ccccc23)ccc1O. The minimum Gasteiger partial charge on any atom is -0.507 e. The summed E-state index contributed by atoms with van der Waals surface area (Å²) in [4.78, 5) is 31.2. The summed E-state index contributed by atoms with van der Waals surface area (Å²) in [5.74, 6) is -1.66. The van der Waals surface area contributed by atoms with Crippen molar-refractivity contribution in [2.24, 2.45) is 0 Å². The number of hydrogen-bond acceptors (Lipinski definition) is 5. The standard InChI is InChI=1S/C28H23ClN2O5/c1-36-23-14-17(8-11-22(23)32)25-24(26(33)16-6-9-19(29)10-7-16)27(34)28(35)31(25)13-12-18-15-30-21-5-3-2-4-20(18)21/h2-11,14-15,25,30,32-33H,12-13H2,1H3/t25-/m1/s1. The van der Waals surface area contributed by atoms with Crippen LogP contribution in [-0.2, 0) is 16.0 Å². The summed E-state index contributed by atoms with van der Waals surface area (Å²) in [5.41, 5.74) is 2.85. The van der Waals surface area contributed by atoms with Crippen LogP contribution in [0, 0.1) is 0 Å². The van der Waals surface area contributed by atoms with Crippen LogP contribution >= 0.6 is 11.6 Å². The first kappa shape index (κ1) is 23.5. The number of Topliss-reactive ketones (excluding diaryl/α,β-unsaturated/α-hetero) is 1. The van der Waals surface area contributed by atoms with E-state index in [1.54, 1.807) is 36.4 Å². The highest BCUT2D eigenvalue weighted by Crippen LogP contribution is 2.42. The monoisotopic (exact) mass is 502 g/mol. The number of carbonyl (C=O) groups is 2. The summed E-state index contributed by atoms with van der Waals surface area (Å²) in [6.45, 7) is 0.234. The Morgan fingerprint density at radius 2 is 1.83 bits per heavy atom. The van der Waals surface area contributed by atoms with E-state index >= 15 is 0 Å². The smallest absolute Gasteiger partial charge is 0.295 e. The lowest BCUT2D eigenvalue weighted by atomic mass is 9.95. The molecule has 4 aromatic rings. The van der Waals surface area contributed by atoms with Gasteiger partial charge in [0.25, 0.3) is 11.7 Å². The third-order valence-corrected chi connectivity index (χ3v) is 6.73. The molecule has 1 saturated heterocycles.